The molecule has 1 amide bonds. The minimum Gasteiger partial charge on any atom is -0.310 e. The van der Waals surface area contributed by atoms with Gasteiger partial charge in [0, 0.05) is 23.1 Å². The first-order valence-electron chi connectivity index (χ1n) is 7.13. The van der Waals surface area contributed by atoms with Crippen LogP contribution in [0.25, 0.3) is 0 Å². The summed E-state index contributed by atoms with van der Waals surface area (Å²) in [5.41, 5.74) is 0.897. The van der Waals surface area contributed by atoms with Gasteiger partial charge in [0.2, 0.25) is 5.91 Å². The summed E-state index contributed by atoms with van der Waals surface area (Å²) in [7, 11) is 0. The second-order valence-corrected chi connectivity index (χ2v) is 6.33. The van der Waals surface area contributed by atoms with E-state index in [1.165, 1.54) is 6.20 Å². The molecule has 2 heterocycles. The van der Waals surface area contributed by atoms with E-state index in [0.29, 0.717) is 10.8 Å². The highest BCUT2D eigenvalue weighted by atomic mass is 79.9. The third kappa shape index (κ3) is 4.78. The summed E-state index contributed by atoms with van der Waals surface area (Å²) in [5.74, 6) is 0.171. The molecule has 2 aromatic rings. The molecule has 1 N–H and O–H groups in total. The number of nitrogens with zero attached hydrogens (tertiary/aromatic N) is 2. The Kier molecular flexibility index (Phi) is 6.34. The lowest BCUT2D eigenvalue weighted by Gasteiger charge is -2.16. The average Bonchev–Trinajstić information content (AvgIpc) is 2.50. The number of anilines is 1. The zero-order valence-electron chi connectivity index (χ0n) is 12.2. The lowest BCUT2D eigenvalue weighted by Crippen LogP contribution is -2.22. The maximum Gasteiger partial charge on any atom is 0.233 e. The number of halogens is 2. The van der Waals surface area contributed by atoms with Crippen LogP contribution in [-0.2, 0) is 4.79 Å². The monoisotopic (exact) mass is 381 g/mol. The zero-order valence-corrected chi connectivity index (χ0v) is 14.6. The minimum atomic E-state index is -0.248. The van der Waals surface area contributed by atoms with Gasteiger partial charge < -0.3 is 5.32 Å². The molecule has 0 aliphatic carbocycles. The molecule has 0 saturated carbocycles. The van der Waals surface area contributed by atoms with E-state index < -0.39 is 0 Å². The van der Waals surface area contributed by atoms with Crippen LogP contribution in [0.5, 0.6) is 0 Å². The summed E-state index contributed by atoms with van der Waals surface area (Å²) in [6.45, 7) is 2.11. The van der Waals surface area contributed by atoms with Crippen molar-refractivity contribution in [2.75, 3.05) is 5.32 Å². The van der Waals surface area contributed by atoms with Crippen LogP contribution in [0.4, 0.5) is 5.82 Å². The predicted octanol–water partition coefficient (Wildman–Crippen LogP) is 4.81. The number of nitrogens with one attached hydrogen (secondary N) is 1. The number of hydrogen-bond acceptors (Lipinski definition) is 3. The van der Waals surface area contributed by atoms with Crippen molar-refractivity contribution in [1.82, 2.24) is 9.97 Å². The first kappa shape index (κ1) is 16.9. The molecule has 6 heteroatoms. The molecule has 0 saturated heterocycles. The third-order valence-corrected chi connectivity index (χ3v) is 3.93. The van der Waals surface area contributed by atoms with Gasteiger partial charge in [-0.1, -0.05) is 31.4 Å². The molecule has 1 atom stereocenters. The van der Waals surface area contributed by atoms with E-state index in [2.05, 4.69) is 38.1 Å². The summed E-state index contributed by atoms with van der Waals surface area (Å²) >= 11 is 9.21. The quantitative estimate of drug-likeness (QED) is 0.780. The molecule has 0 aliphatic heterocycles. The lowest BCUT2D eigenvalue weighted by molar-refractivity contribution is -0.117. The first-order chi connectivity index (χ1) is 10.6. The molecule has 116 valence electrons. The highest BCUT2D eigenvalue weighted by Crippen LogP contribution is 2.25. The van der Waals surface area contributed by atoms with Crippen LogP contribution in [0.3, 0.4) is 0 Å². The summed E-state index contributed by atoms with van der Waals surface area (Å²) in [6.07, 6.45) is 7.73. The molecule has 0 bridgehead atoms. The van der Waals surface area contributed by atoms with Crippen LogP contribution >= 0.6 is 27.5 Å². The van der Waals surface area contributed by atoms with Crippen molar-refractivity contribution in [3.8, 4) is 0 Å². The van der Waals surface area contributed by atoms with Crippen molar-refractivity contribution in [3.63, 3.8) is 0 Å². The Balaban J connectivity index is 2.17. The number of carbonyl (C=O) groups is 1. The molecule has 0 radical (unpaired) electrons. The number of unbranched alkanes of at least 4 members (excludes halogenated alkanes) is 1. The van der Waals surface area contributed by atoms with Gasteiger partial charge in [-0.2, -0.15) is 0 Å². The fourth-order valence-electron chi connectivity index (χ4n) is 2.14. The van der Waals surface area contributed by atoms with Crippen molar-refractivity contribution >= 4 is 39.3 Å². The Bertz CT molecular complexity index is 634. The van der Waals surface area contributed by atoms with Crippen LogP contribution in [0.2, 0.25) is 5.02 Å². The zero-order chi connectivity index (χ0) is 15.9. The fourth-order valence-corrected chi connectivity index (χ4v) is 2.63. The highest BCUT2D eigenvalue weighted by molar-refractivity contribution is 9.10. The van der Waals surface area contributed by atoms with Crippen molar-refractivity contribution in [1.29, 1.82) is 0 Å². The van der Waals surface area contributed by atoms with E-state index in [1.807, 2.05) is 6.07 Å². The molecule has 4 nitrogen and oxygen atoms in total. The smallest absolute Gasteiger partial charge is 0.233 e. The van der Waals surface area contributed by atoms with E-state index in [0.717, 1.165) is 29.3 Å². The van der Waals surface area contributed by atoms with E-state index >= 15 is 0 Å². The minimum absolute atomic E-state index is 0.0804. The summed E-state index contributed by atoms with van der Waals surface area (Å²) < 4.78 is 0.865. The average molecular weight is 383 g/mol. The van der Waals surface area contributed by atoms with Gasteiger partial charge in [-0.05, 0) is 46.1 Å². The number of carbonyl (C=O) groups excluding carboxylic acids is 1. The molecule has 2 aromatic heterocycles. The van der Waals surface area contributed by atoms with Gasteiger partial charge in [0.25, 0.3) is 0 Å². The Morgan fingerprint density at radius 1 is 1.36 bits per heavy atom. The van der Waals surface area contributed by atoms with Crippen molar-refractivity contribution in [2.24, 2.45) is 0 Å². The Morgan fingerprint density at radius 2 is 2.18 bits per heavy atom. The molecule has 22 heavy (non-hydrogen) atoms. The van der Waals surface area contributed by atoms with Crippen molar-refractivity contribution in [2.45, 2.75) is 32.1 Å². The van der Waals surface area contributed by atoms with Gasteiger partial charge in [0.15, 0.2) is 0 Å². The molecule has 0 aliphatic rings. The standard InChI is InChI=1S/C16H17BrClN3O/c1-2-3-4-14(11-7-12(17)9-19-8-11)16(22)21-15-6-5-13(18)10-20-15/h5-10,14H,2-4H2,1H3,(H,20,21,22). The maximum atomic E-state index is 12.6. The van der Waals surface area contributed by atoms with Crippen LogP contribution in [0, 0.1) is 0 Å². The Hall–Kier alpha value is -1.46. The van der Waals surface area contributed by atoms with E-state index in [1.54, 1.807) is 24.5 Å². The van der Waals surface area contributed by atoms with Gasteiger partial charge >= 0.3 is 0 Å². The molecule has 2 rings (SSSR count). The number of amides is 1. The van der Waals surface area contributed by atoms with Crippen LogP contribution in [0.1, 0.15) is 37.7 Å². The number of rotatable bonds is 6. The molecular formula is C16H17BrClN3O. The van der Waals surface area contributed by atoms with Gasteiger partial charge in [-0.25, -0.2) is 4.98 Å². The molecular weight excluding hydrogens is 366 g/mol. The van der Waals surface area contributed by atoms with Crippen LogP contribution in [-0.4, -0.2) is 15.9 Å². The number of hydrogen-bond donors (Lipinski definition) is 1. The first-order valence-corrected chi connectivity index (χ1v) is 8.30. The van der Waals surface area contributed by atoms with Gasteiger partial charge in [-0.3, -0.25) is 9.78 Å². The van der Waals surface area contributed by atoms with E-state index in [-0.39, 0.29) is 11.8 Å². The van der Waals surface area contributed by atoms with Crippen molar-refractivity contribution < 1.29 is 4.79 Å². The maximum absolute atomic E-state index is 12.6. The Morgan fingerprint density at radius 3 is 2.82 bits per heavy atom. The van der Waals surface area contributed by atoms with E-state index in [9.17, 15) is 4.79 Å². The van der Waals surface area contributed by atoms with Crippen LogP contribution in [0.15, 0.2) is 41.3 Å². The SMILES string of the molecule is CCCCC(C(=O)Nc1ccc(Cl)cn1)c1cncc(Br)c1. The molecule has 1 unspecified atom stereocenters. The second kappa shape index (κ2) is 8.25. The largest absolute Gasteiger partial charge is 0.310 e. The van der Waals surface area contributed by atoms with E-state index in [4.69, 9.17) is 11.6 Å². The van der Waals surface area contributed by atoms with Gasteiger partial charge in [0.05, 0.1) is 10.9 Å². The van der Waals surface area contributed by atoms with Gasteiger partial charge in [0.1, 0.15) is 5.82 Å². The summed E-state index contributed by atoms with van der Waals surface area (Å²) in [4.78, 5) is 20.8. The normalized spacial score (nSPS) is 12.0. The lowest BCUT2D eigenvalue weighted by atomic mass is 9.94. The Labute approximate surface area is 143 Å². The number of aromatic nitrogens is 2. The van der Waals surface area contributed by atoms with Gasteiger partial charge in [-0.15, -0.1) is 0 Å². The molecule has 0 fully saturated rings. The summed E-state index contributed by atoms with van der Waals surface area (Å²) in [5, 5.41) is 3.38. The molecule has 0 spiro atoms. The third-order valence-electron chi connectivity index (χ3n) is 3.27. The van der Waals surface area contributed by atoms with Crippen LogP contribution < -0.4 is 5.32 Å². The fraction of sp³-hybridized carbons (Fsp3) is 0.312. The topological polar surface area (TPSA) is 54.9 Å². The summed E-state index contributed by atoms with van der Waals surface area (Å²) in [6, 6.07) is 5.32. The van der Waals surface area contributed by atoms with Crippen molar-refractivity contribution in [3.05, 3.63) is 51.8 Å². The second-order valence-electron chi connectivity index (χ2n) is 4.98. The predicted molar refractivity (Wildman–Crippen MR) is 92.1 cm³/mol. The highest BCUT2D eigenvalue weighted by Gasteiger charge is 2.21. The molecule has 0 aromatic carbocycles. The number of pyridine rings is 2.